The summed E-state index contributed by atoms with van der Waals surface area (Å²) in [5.41, 5.74) is 1.72. The number of nitrogens with zero attached hydrogens (tertiary/aromatic N) is 1. The van der Waals surface area contributed by atoms with Crippen molar-refractivity contribution in [3.05, 3.63) is 93.0 Å². The first-order chi connectivity index (χ1) is 19.3. The van der Waals surface area contributed by atoms with E-state index in [-0.39, 0.29) is 23.7 Å². The van der Waals surface area contributed by atoms with Crippen molar-refractivity contribution >= 4 is 47.1 Å². The number of nitrogens with one attached hydrogen (secondary N) is 1. The smallest absolute Gasteiger partial charge is 0.331 e. The fourth-order valence-corrected chi connectivity index (χ4v) is 4.37. The van der Waals surface area contributed by atoms with Crippen LogP contribution in [0.1, 0.15) is 37.0 Å². The lowest BCUT2D eigenvalue weighted by Crippen LogP contribution is -2.53. The van der Waals surface area contributed by atoms with E-state index in [1.165, 1.54) is 6.08 Å². The average molecular weight is 583 g/mol. The zero-order valence-electron chi connectivity index (χ0n) is 22.0. The van der Waals surface area contributed by atoms with Crippen LogP contribution in [-0.2, 0) is 22.7 Å². The molecule has 0 bridgehead atoms. The van der Waals surface area contributed by atoms with Crippen LogP contribution in [0.3, 0.4) is 0 Å². The number of imide groups is 2. The number of ether oxygens (including phenoxy) is 3. The van der Waals surface area contributed by atoms with E-state index in [1.54, 1.807) is 42.5 Å². The van der Waals surface area contributed by atoms with Gasteiger partial charge in [-0.05, 0) is 60.9 Å². The molecule has 4 amide bonds. The summed E-state index contributed by atoms with van der Waals surface area (Å²) in [7, 11) is 0. The van der Waals surface area contributed by atoms with Crippen molar-refractivity contribution < 1.29 is 28.6 Å². The van der Waals surface area contributed by atoms with E-state index in [9.17, 15) is 14.4 Å². The second kappa shape index (κ2) is 13.4. The maximum atomic E-state index is 13.3. The average Bonchev–Trinajstić information content (AvgIpc) is 2.93. The van der Waals surface area contributed by atoms with E-state index in [4.69, 9.17) is 37.4 Å². The predicted molar refractivity (Wildman–Crippen MR) is 153 cm³/mol. The molecule has 10 heteroatoms. The van der Waals surface area contributed by atoms with Crippen molar-refractivity contribution in [1.82, 2.24) is 10.2 Å². The fraction of sp³-hybridized carbons (Fsp3) is 0.233. The Kier molecular flexibility index (Phi) is 9.69. The second-order valence-electron chi connectivity index (χ2n) is 8.84. The molecule has 1 N–H and O–H groups in total. The highest BCUT2D eigenvalue weighted by Crippen LogP contribution is 2.31. The first-order valence-corrected chi connectivity index (χ1v) is 13.5. The molecule has 4 rings (SSSR count). The van der Waals surface area contributed by atoms with Gasteiger partial charge in [0.05, 0.1) is 24.8 Å². The molecule has 1 aliphatic rings. The Balaban J connectivity index is 1.51. The molecule has 1 heterocycles. The van der Waals surface area contributed by atoms with Crippen molar-refractivity contribution in [1.29, 1.82) is 0 Å². The van der Waals surface area contributed by atoms with Crippen molar-refractivity contribution in [2.75, 3.05) is 13.2 Å². The second-order valence-corrected chi connectivity index (χ2v) is 9.66. The molecule has 0 spiro atoms. The Hall–Kier alpha value is -4.01. The highest BCUT2D eigenvalue weighted by molar-refractivity contribution is 6.33. The minimum absolute atomic E-state index is 0.0704. The first-order valence-electron chi connectivity index (χ1n) is 12.7. The summed E-state index contributed by atoms with van der Waals surface area (Å²) in [6.07, 6.45) is 2.22. The van der Waals surface area contributed by atoms with E-state index >= 15 is 0 Å². The van der Waals surface area contributed by atoms with Crippen LogP contribution in [0.2, 0.25) is 10.0 Å². The molecule has 0 radical (unpaired) electrons. The molecular weight excluding hydrogens is 555 g/mol. The zero-order valence-corrected chi connectivity index (χ0v) is 23.6. The topological polar surface area (TPSA) is 94.2 Å². The first kappa shape index (κ1) is 29.0. The number of carbonyl (C=O) groups is 3. The number of benzene rings is 3. The number of urea groups is 1. The van der Waals surface area contributed by atoms with Crippen molar-refractivity contribution in [3.63, 3.8) is 0 Å². The Morgan fingerprint density at radius 1 is 0.850 bits per heavy atom. The number of carbonyl (C=O) groups excluding carboxylic acids is 3. The SMILES string of the molecule is CCCOc1ccc(CN2C(=O)NC(=O)/C(=C\c3ccc(OCc4ccccc4Cl)c(Cl)c3)C2=O)cc1OCC. The number of halogens is 2. The number of barbiturate groups is 1. The highest BCUT2D eigenvalue weighted by atomic mass is 35.5. The summed E-state index contributed by atoms with van der Waals surface area (Å²) in [6, 6.07) is 16.6. The van der Waals surface area contributed by atoms with E-state index in [0.29, 0.717) is 46.6 Å². The standard InChI is InChI=1S/C30H28Cl2N2O6/c1-3-13-39-26-12-10-20(16-27(26)38-4-2)17-34-29(36)22(28(35)33-30(34)37)14-19-9-11-25(24(32)15-19)40-18-21-7-5-6-8-23(21)31/h5-12,14-16H,3-4,13,17-18H2,1-2H3,(H,33,35,37)/b22-14+. The van der Waals surface area contributed by atoms with Crippen LogP contribution in [0.4, 0.5) is 4.79 Å². The molecule has 0 atom stereocenters. The Labute approximate surface area is 242 Å². The lowest BCUT2D eigenvalue weighted by molar-refractivity contribution is -0.130. The largest absolute Gasteiger partial charge is 0.490 e. The van der Waals surface area contributed by atoms with Gasteiger partial charge < -0.3 is 14.2 Å². The van der Waals surface area contributed by atoms with Gasteiger partial charge in [0.15, 0.2) is 11.5 Å². The molecule has 0 aliphatic carbocycles. The van der Waals surface area contributed by atoms with Crippen LogP contribution in [-0.4, -0.2) is 36.0 Å². The number of amides is 4. The normalized spacial score (nSPS) is 14.3. The third-order valence-electron chi connectivity index (χ3n) is 5.90. The summed E-state index contributed by atoms with van der Waals surface area (Å²) in [5.74, 6) is -0.0187. The quantitative estimate of drug-likeness (QED) is 0.207. The lowest BCUT2D eigenvalue weighted by atomic mass is 10.1. The molecule has 40 heavy (non-hydrogen) atoms. The third kappa shape index (κ3) is 6.94. The van der Waals surface area contributed by atoms with E-state index < -0.39 is 17.8 Å². The van der Waals surface area contributed by atoms with Crippen molar-refractivity contribution in [2.45, 2.75) is 33.4 Å². The number of hydrogen-bond donors (Lipinski definition) is 1. The van der Waals surface area contributed by atoms with Crippen molar-refractivity contribution in [3.8, 4) is 17.2 Å². The predicted octanol–water partition coefficient (Wildman–Crippen LogP) is 6.42. The van der Waals surface area contributed by atoms with E-state index in [1.807, 2.05) is 32.0 Å². The molecule has 3 aromatic carbocycles. The molecule has 1 fully saturated rings. The summed E-state index contributed by atoms with van der Waals surface area (Å²) >= 11 is 12.6. The van der Waals surface area contributed by atoms with Gasteiger partial charge in [0.25, 0.3) is 11.8 Å². The molecular formula is C30H28Cl2N2O6. The third-order valence-corrected chi connectivity index (χ3v) is 6.57. The Morgan fingerprint density at radius 2 is 1.62 bits per heavy atom. The van der Waals surface area contributed by atoms with Crippen LogP contribution in [0.15, 0.2) is 66.2 Å². The molecule has 0 unspecified atom stereocenters. The van der Waals surface area contributed by atoms with Crippen LogP contribution in [0.25, 0.3) is 6.08 Å². The molecule has 8 nitrogen and oxygen atoms in total. The minimum Gasteiger partial charge on any atom is -0.490 e. The van der Waals surface area contributed by atoms with Gasteiger partial charge in [-0.3, -0.25) is 19.8 Å². The molecule has 3 aromatic rings. The van der Waals surface area contributed by atoms with Crippen LogP contribution < -0.4 is 19.5 Å². The van der Waals surface area contributed by atoms with Gasteiger partial charge in [0.2, 0.25) is 0 Å². The maximum Gasteiger partial charge on any atom is 0.331 e. The summed E-state index contributed by atoms with van der Waals surface area (Å²) in [4.78, 5) is 39.4. The molecule has 0 aromatic heterocycles. The Morgan fingerprint density at radius 3 is 2.35 bits per heavy atom. The maximum absolute atomic E-state index is 13.3. The molecule has 1 aliphatic heterocycles. The Bertz CT molecular complexity index is 1460. The molecule has 208 valence electrons. The fourth-order valence-electron chi connectivity index (χ4n) is 3.93. The van der Waals surface area contributed by atoms with Crippen LogP contribution in [0.5, 0.6) is 17.2 Å². The number of hydrogen-bond acceptors (Lipinski definition) is 6. The van der Waals surface area contributed by atoms with Crippen molar-refractivity contribution in [2.24, 2.45) is 0 Å². The van der Waals surface area contributed by atoms with Crippen LogP contribution in [0, 0.1) is 0 Å². The van der Waals surface area contributed by atoms with Gasteiger partial charge in [-0.1, -0.05) is 60.5 Å². The lowest BCUT2D eigenvalue weighted by Gasteiger charge is -2.26. The van der Waals surface area contributed by atoms with E-state index in [0.717, 1.165) is 16.9 Å². The monoisotopic (exact) mass is 582 g/mol. The van der Waals surface area contributed by atoms with Gasteiger partial charge in [-0.15, -0.1) is 0 Å². The van der Waals surface area contributed by atoms with Gasteiger partial charge in [-0.2, -0.15) is 0 Å². The van der Waals surface area contributed by atoms with Gasteiger partial charge in [-0.25, -0.2) is 4.79 Å². The zero-order chi connectivity index (χ0) is 28.6. The van der Waals surface area contributed by atoms with Gasteiger partial charge in [0, 0.05) is 10.6 Å². The summed E-state index contributed by atoms with van der Waals surface area (Å²) in [6.45, 7) is 4.95. The summed E-state index contributed by atoms with van der Waals surface area (Å²) in [5, 5.41) is 3.10. The summed E-state index contributed by atoms with van der Waals surface area (Å²) < 4.78 is 17.2. The highest BCUT2D eigenvalue weighted by Gasteiger charge is 2.35. The van der Waals surface area contributed by atoms with Gasteiger partial charge >= 0.3 is 6.03 Å². The minimum atomic E-state index is -0.808. The molecule has 0 saturated carbocycles. The number of rotatable bonds is 11. The van der Waals surface area contributed by atoms with Crippen LogP contribution >= 0.6 is 23.2 Å². The van der Waals surface area contributed by atoms with E-state index in [2.05, 4.69) is 5.32 Å². The van der Waals surface area contributed by atoms with Gasteiger partial charge in [0.1, 0.15) is 17.9 Å². The molecule has 1 saturated heterocycles.